The standard InChI is InChI=1S/C17H27ClN2/c1-4-19-12-14-11-15(18)8-9-17(14)20(3)16-7-5-6-13(2)10-16/h8-9,11,13,16,19H,4-7,10,12H2,1-3H3. The molecular weight excluding hydrogens is 268 g/mol. The van der Waals surface area contributed by atoms with Crippen molar-refractivity contribution in [3.63, 3.8) is 0 Å². The average molecular weight is 295 g/mol. The highest BCUT2D eigenvalue weighted by molar-refractivity contribution is 6.30. The van der Waals surface area contributed by atoms with E-state index in [0.29, 0.717) is 6.04 Å². The molecule has 1 aliphatic rings. The van der Waals surface area contributed by atoms with E-state index in [-0.39, 0.29) is 0 Å². The molecule has 1 aromatic rings. The van der Waals surface area contributed by atoms with Gasteiger partial charge in [0.15, 0.2) is 0 Å². The lowest BCUT2D eigenvalue weighted by Gasteiger charge is -2.36. The molecule has 2 atom stereocenters. The second-order valence-corrected chi connectivity index (χ2v) is 6.53. The number of hydrogen-bond acceptors (Lipinski definition) is 2. The Morgan fingerprint density at radius 3 is 2.85 bits per heavy atom. The Balaban J connectivity index is 2.17. The fourth-order valence-electron chi connectivity index (χ4n) is 3.25. The number of halogens is 1. The highest BCUT2D eigenvalue weighted by Crippen LogP contribution is 2.32. The third-order valence-corrected chi connectivity index (χ3v) is 4.68. The van der Waals surface area contributed by atoms with Crippen LogP contribution < -0.4 is 10.2 Å². The molecule has 1 saturated carbocycles. The number of nitrogens with one attached hydrogen (secondary N) is 1. The molecule has 0 amide bonds. The van der Waals surface area contributed by atoms with E-state index >= 15 is 0 Å². The Kier molecular flexibility index (Phi) is 5.74. The molecule has 2 unspecified atom stereocenters. The van der Waals surface area contributed by atoms with Gasteiger partial charge in [-0.3, -0.25) is 0 Å². The molecule has 0 saturated heterocycles. The highest BCUT2D eigenvalue weighted by Gasteiger charge is 2.23. The number of nitrogens with zero attached hydrogens (tertiary/aromatic N) is 1. The second kappa shape index (κ2) is 7.33. The lowest BCUT2D eigenvalue weighted by atomic mass is 9.86. The molecule has 2 rings (SSSR count). The van der Waals surface area contributed by atoms with E-state index in [9.17, 15) is 0 Å². The van der Waals surface area contributed by atoms with Crippen LogP contribution in [-0.4, -0.2) is 19.6 Å². The summed E-state index contributed by atoms with van der Waals surface area (Å²) in [6.07, 6.45) is 5.35. The zero-order valence-corrected chi connectivity index (χ0v) is 13.7. The van der Waals surface area contributed by atoms with Crippen molar-refractivity contribution in [2.45, 2.75) is 52.1 Å². The van der Waals surface area contributed by atoms with Gasteiger partial charge in [-0.15, -0.1) is 0 Å². The Morgan fingerprint density at radius 2 is 2.15 bits per heavy atom. The lowest BCUT2D eigenvalue weighted by Crippen LogP contribution is -2.36. The van der Waals surface area contributed by atoms with E-state index in [4.69, 9.17) is 11.6 Å². The topological polar surface area (TPSA) is 15.3 Å². The first-order valence-electron chi connectivity index (χ1n) is 7.83. The van der Waals surface area contributed by atoms with Crippen molar-refractivity contribution in [2.75, 3.05) is 18.5 Å². The van der Waals surface area contributed by atoms with Crippen LogP contribution in [0.4, 0.5) is 5.69 Å². The summed E-state index contributed by atoms with van der Waals surface area (Å²) >= 11 is 6.16. The molecular formula is C17H27ClN2. The Labute approximate surface area is 128 Å². The van der Waals surface area contributed by atoms with Gasteiger partial charge in [0.1, 0.15) is 0 Å². The van der Waals surface area contributed by atoms with E-state index in [1.54, 1.807) is 0 Å². The van der Waals surface area contributed by atoms with Crippen molar-refractivity contribution in [1.82, 2.24) is 5.32 Å². The van der Waals surface area contributed by atoms with Gasteiger partial charge in [-0.1, -0.05) is 38.3 Å². The third kappa shape index (κ3) is 3.89. The van der Waals surface area contributed by atoms with Crippen LogP contribution in [0.1, 0.15) is 45.1 Å². The van der Waals surface area contributed by atoms with Crippen LogP contribution in [0.3, 0.4) is 0 Å². The SMILES string of the molecule is CCNCc1cc(Cl)ccc1N(C)C1CCCC(C)C1. The summed E-state index contributed by atoms with van der Waals surface area (Å²) < 4.78 is 0. The molecule has 112 valence electrons. The van der Waals surface area contributed by atoms with Crippen LogP contribution in [0.2, 0.25) is 5.02 Å². The van der Waals surface area contributed by atoms with Crippen LogP contribution in [0.5, 0.6) is 0 Å². The van der Waals surface area contributed by atoms with Crippen LogP contribution in [0, 0.1) is 5.92 Å². The lowest BCUT2D eigenvalue weighted by molar-refractivity contribution is 0.336. The molecule has 2 nitrogen and oxygen atoms in total. The van der Waals surface area contributed by atoms with Crippen molar-refractivity contribution in [2.24, 2.45) is 5.92 Å². The second-order valence-electron chi connectivity index (χ2n) is 6.09. The van der Waals surface area contributed by atoms with Gasteiger partial charge >= 0.3 is 0 Å². The summed E-state index contributed by atoms with van der Waals surface area (Å²) in [6, 6.07) is 6.95. The van der Waals surface area contributed by atoms with Gasteiger partial charge in [0.05, 0.1) is 0 Å². The van der Waals surface area contributed by atoms with E-state index in [0.717, 1.165) is 24.0 Å². The Morgan fingerprint density at radius 1 is 1.35 bits per heavy atom. The van der Waals surface area contributed by atoms with Gasteiger partial charge in [0, 0.05) is 30.3 Å². The fraction of sp³-hybridized carbons (Fsp3) is 0.647. The van der Waals surface area contributed by atoms with E-state index in [2.05, 4.69) is 43.2 Å². The number of rotatable bonds is 5. The minimum atomic E-state index is 0.667. The summed E-state index contributed by atoms with van der Waals surface area (Å²) in [5.74, 6) is 0.848. The van der Waals surface area contributed by atoms with Crippen molar-refractivity contribution in [1.29, 1.82) is 0 Å². The fourth-order valence-corrected chi connectivity index (χ4v) is 3.44. The predicted octanol–water partition coefficient (Wildman–Crippen LogP) is 4.46. The van der Waals surface area contributed by atoms with Crippen LogP contribution in [0.25, 0.3) is 0 Å². The molecule has 0 spiro atoms. The van der Waals surface area contributed by atoms with Gasteiger partial charge in [-0.05, 0) is 49.1 Å². The molecule has 0 bridgehead atoms. The first-order valence-corrected chi connectivity index (χ1v) is 8.21. The molecule has 20 heavy (non-hydrogen) atoms. The van der Waals surface area contributed by atoms with Crippen molar-refractivity contribution < 1.29 is 0 Å². The van der Waals surface area contributed by atoms with Gasteiger partial charge in [-0.25, -0.2) is 0 Å². The Bertz CT molecular complexity index is 433. The molecule has 1 N–H and O–H groups in total. The van der Waals surface area contributed by atoms with Gasteiger partial charge in [-0.2, -0.15) is 0 Å². The first-order chi connectivity index (χ1) is 9.61. The molecule has 0 aromatic heterocycles. The zero-order chi connectivity index (χ0) is 14.5. The number of anilines is 1. The summed E-state index contributed by atoms with van der Waals surface area (Å²) in [4.78, 5) is 2.47. The van der Waals surface area contributed by atoms with Gasteiger partial charge < -0.3 is 10.2 Å². The maximum absolute atomic E-state index is 6.16. The van der Waals surface area contributed by atoms with E-state index in [1.807, 2.05) is 6.07 Å². The minimum absolute atomic E-state index is 0.667. The van der Waals surface area contributed by atoms with Gasteiger partial charge in [0.2, 0.25) is 0 Å². The molecule has 0 heterocycles. The summed E-state index contributed by atoms with van der Waals surface area (Å²) in [6.45, 7) is 6.38. The molecule has 1 aliphatic carbocycles. The molecule has 0 radical (unpaired) electrons. The maximum Gasteiger partial charge on any atom is 0.0412 e. The third-order valence-electron chi connectivity index (χ3n) is 4.44. The first kappa shape index (κ1) is 15.7. The molecule has 3 heteroatoms. The molecule has 1 fully saturated rings. The number of benzene rings is 1. The van der Waals surface area contributed by atoms with Crippen molar-refractivity contribution >= 4 is 17.3 Å². The van der Waals surface area contributed by atoms with Crippen LogP contribution in [-0.2, 0) is 6.54 Å². The largest absolute Gasteiger partial charge is 0.371 e. The predicted molar refractivity (Wildman–Crippen MR) is 88.7 cm³/mol. The maximum atomic E-state index is 6.16. The molecule has 1 aromatic carbocycles. The van der Waals surface area contributed by atoms with E-state index < -0.39 is 0 Å². The average Bonchev–Trinajstić information content (AvgIpc) is 2.44. The summed E-state index contributed by atoms with van der Waals surface area (Å²) in [7, 11) is 2.24. The summed E-state index contributed by atoms with van der Waals surface area (Å²) in [5, 5.41) is 4.24. The smallest absolute Gasteiger partial charge is 0.0412 e. The quantitative estimate of drug-likeness (QED) is 0.862. The zero-order valence-electron chi connectivity index (χ0n) is 13.0. The minimum Gasteiger partial charge on any atom is -0.371 e. The van der Waals surface area contributed by atoms with E-state index in [1.165, 1.54) is 36.9 Å². The van der Waals surface area contributed by atoms with Crippen molar-refractivity contribution in [3.05, 3.63) is 28.8 Å². The van der Waals surface area contributed by atoms with Crippen LogP contribution >= 0.6 is 11.6 Å². The van der Waals surface area contributed by atoms with Crippen LogP contribution in [0.15, 0.2) is 18.2 Å². The number of hydrogen-bond donors (Lipinski definition) is 1. The van der Waals surface area contributed by atoms with Crippen molar-refractivity contribution in [3.8, 4) is 0 Å². The summed E-state index contributed by atoms with van der Waals surface area (Å²) in [5.41, 5.74) is 2.63. The van der Waals surface area contributed by atoms with Gasteiger partial charge in [0.25, 0.3) is 0 Å². The Hall–Kier alpha value is -0.730. The monoisotopic (exact) mass is 294 g/mol. The highest BCUT2D eigenvalue weighted by atomic mass is 35.5. The molecule has 0 aliphatic heterocycles. The normalized spacial score (nSPS) is 22.8.